The van der Waals surface area contributed by atoms with Crippen molar-refractivity contribution in [3.8, 4) is 0 Å². The average Bonchev–Trinajstić information content (AvgIpc) is 2.15. The lowest BCUT2D eigenvalue weighted by atomic mass is 10.2. The first-order valence-electron chi connectivity index (χ1n) is 4.61. The van der Waals surface area contributed by atoms with Crippen molar-refractivity contribution in [2.45, 2.75) is 6.42 Å². The summed E-state index contributed by atoms with van der Waals surface area (Å²) in [6.45, 7) is 0.882. The smallest absolute Gasteiger partial charge is 0.126 e. The molecular weight excluding hydrogens is 236 g/mol. The lowest BCUT2D eigenvalue weighted by Crippen LogP contribution is -2.05. The molecule has 0 fully saturated rings. The van der Waals surface area contributed by atoms with Crippen LogP contribution in [0.25, 0.3) is 6.08 Å². The highest BCUT2D eigenvalue weighted by atomic mass is 35.5. The quantitative estimate of drug-likeness (QED) is 0.800. The topological polar surface area (TPSA) is 12.0 Å². The summed E-state index contributed by atoms with van der Waals surface area (Å²) < 4.78 is 12.8. The van der Waals surface area contributed by atoms with Gasteiger partial charge < -0.3 is 5.32 Å². The van der Waals surface area contributed by atoms with E-state index < -0.39 is 5.82 Å². The summed E-state index contributed by atoms with van der Waals surface area (Å²) >= 11 is 11.7. The van der Waals surface area contributed by atoms with Crippen molar-refractivity contribution < 1.29 is 4.39 Å². The van der Waals surface area contributed by atoms with Gasteiger partial charge >= 0.3 is 0 Å². The van der Waals surface area contributed by atoms with Crippen molar-refractivity contribution in [3.05, 3.63) is 39.6 Å². The Morgan fingerprint density at radius 1 is 1.33 bits per heavy atom. The normalized spacial score (nSPS) is 11.2. The van der Waals surface area contributed by atoms with Crippen molar-refractivity contribution in [2.75, 3.05) is 13.6 Å². The van der Waals surface area contributed by atoms with Gasteiger partial charge in [-0.25, -0.2) is 4.39 Å². The van der Waals surface area contributed by atoms with E-state index in [9.17, 15) is 4.39 Å². The zero-order valence-corrected chi connectivity index (χ0v) is 9.87. The highest BCUT2D eigenvalue weighted by molar-refractivity contribution is 6.37. The highest BCUT2D eigenvalue weighted by Gasteiger charge is 2.04. The van der Waals surface area contributed by atoms with Crippen LogP contribution >= 0.6 is 23.2 Å². The summed E-state index contributed by atoms with van der Waals surface area (Å²) in [5.41, 5.74) is 0.663. The Balaban J connectivity index is 2.80. The lowest BCUT2D eigenvalue weighted by Gasteiger charge is -2.02. The van der Waals surface area contributed by atoms with Gasteiger partial charge in [0.1, 0.15) is 5.82 Å². The Morgan fingerprint density at radius 2 is 1.93 bits per heavy atom. The van der Waals surface area contributed by atoms with Crippen molar-refractivity contribution in [1.29, 1.82) is 0 Å². The molecule has 1 aromatic rings. The Kier molecular flexibility index (Phi) is 5.09. The van der Waals surface area contributed by atoms with Gasteiger partial charge in [-0.05, 0) is 32.1 Å². The molecule has 0 aliphatic heterocycles. The predicted molar refractivity (Wildman–Crippen MR) is 64.0 cm³/mol. The van der Waals surface area contributed by atoms with Gasteiger partial charge in [0.2, 0.25) is 0 Å². The molecule has 0 amide bonds. The maximum absolute atomic E-state index is 12.8. The molecule has 0 aliphatic rings. The van der Waals surface area contributed by atoms with Gasteiger partial charge in [0.05, 0.1) is 10.0 Å². The maximum Gasteiger partial charge on any atom is 0.126 e. The van der Waals surface area contributed by atoms with E-state index >= 15 is 0 Å². The summed E-state index contributed by atoms with van der Waals surface area (Å²) in [6, 6.07) is 2.51. The first-order valence-corrected chi connectivity index (χ1v) is 5.36. The van der Waals surface area contributed by atoms with Crippen molar-refractivity contribution >= 4 is 29.3 Å². The lowest BCUT2D eigenvalue weighted by molar-refractivity contribution is 0.628. The minimum Gasteiger partial charge on any atom is -0.319 e. The molecule has 0 spiro atoms. The van der Waals surface area contributed by atoms with Crippen LogP contribution in [0, 0.1) is 5.82 Å². The molecule has 0 bridgehead atoms. The standard InChI is InChI=1S/C11H12Cl2FN/c1-15-5-3-2-4-9-10(12)6-8(14)7-11(9)13/h2,4,6-7,15H,3,5H2,1H3. The van der Waals surface area contributed by atoms with Crippen LogP contribution in [-0.2, 0) is 0 Å². The monoisotopic (exact) mass is 247 g/mol. The van der Waals surface area contributed by atoms with Gasteiger partial charge in [-0.3, -0.25) is 0 Å². The van der Waals surface area contributed by atoms with Crippen LogP contribution in [0.3, 0.4) is 0 Å². The van der Waals surface area contributed by atoms with Gasteiger partial charge in [-0.15, -0.1) is 0 Å². The average molecular weight is 248 g/mol. The minimum absolute atomic E-state index is 0.334. The molecule has 0 radical (unpaired) electrons. The summed E-state index contributed by atoms with van der Waals surface area (Å²) in [6.07, 6.45) is 4.63. The third-order valence-corrected chi connectivity index (χ3v) is 2.51. The van der Waals surface area contributed by atoms with Crippen molar-refractivity contribution in [3.63, 3.8) is 0 Å². The molecule has 15 heavy (non-hydrogen) atoms. The van der Waals surface area contributed by atoms with Crippen LogP contribution in [0.4, 0.5) is 4.39 Å². The zero-order chi connectivity index (χ0) is 11.3. The molecule has 0 unspecified atom stereocenters. The maximum atomic E-state index is 12.8. The van der Waals surface area contributed by atoms with E-state index in [-0.39, 0.29) is 0 Å². The molecule has 0 aromatic heterocycles. The first-order chi connectivity index (χ1) is 7.15. The van der Waals surface area contributed by atoms with E-state index in [0.29, 0.717) is 15.6 Å². The second-order valence-electron chi connectivity index (χ2n) is 3.08. The molecule has 0 atom stereocenters. The van der Waals surface area contributed by atoms with E-state index in [1.807, 2.05) is 13.1 Å². The molecule has 0 aliphatic carbocycles. The van der Waals surface area contributed by atoms with E-state index in [1.54, 1.807) is 6.08 Å². The number of hydrogen-bond donors (Lipinski definition) is 1. The molecule has 1 N–H and O–H groups in total. The summed E-state index contributed by atoms with van der Waals surface area (Å²) in [7, 11) is 1.88. The van der Waals surface area contributed by atoms with E-state index in [2.05, 4.69) is 5.32 Å². The number of hydrogen-bond acceptors (Lipinski definition) is 1. The van der Waals surface area contributed by atoms with Crippen LogP contribution in [0.15, 0.2) is 18.2 Å². The Hall–Kier alpha value is -0.570. The van der Waals surface area contributed by atoms with Crippen LogP contribution in [0.2, 0.25) is 10.0 Å². The van der Waals surface area contributed by atoms with Gasteiger partial charge in [-0.1, -0.05) is 35.4 Å². The molecule has 0 saturated heterocycles. The van der Waals surface area contributed by atoms with Gasteiger partial charge in [-0.2, -0.15) is 0 Å². The number of halogens is 3. The second kappa shape index (κ2) is 6.11. The number of nitrogens with one attached hydrogen (secondary N) is 1. The second-order valence-corrected chi connectivity index (χ2v) is 3.89. The molecule has 0 saturated carbocycles. The summed E-state index contributed by atoms with van der Waals surface area (Å²) in [4.78, 5) is 0. The molecule has 0 heterocycles. The van der Waals surface area contributed by atoms with Crippen molar-refractivity contribution in [2.24, 2.45) is 0 Å². The summed E-state index contributed by atoms with van der Waals surface area (Å²) in [5.74, 6) is -0.419. The first kappa shape index (κ1) is 12.5. The summed E-state index contributed by atoms with van der Waals surface area (Å²) in [5, 5.41) is 3.68. The van der Waals surface area contributed by atoms with Crippen LogP contribution in [-0.4, -0.2) is 13.6 Å². The molecular formula is C11H12Cl2FN. The third-order valence-electron chi connectivity index (χ3n) is 1.89. The third kappa shape index (κ3) is 3.82. The van der Waals surface area contributed by atoms with Crippen molar-refractivity contribution in [1.82, 2.24) is 5.32 Å². The van der Waals surface area contributed by atoms with Gasteiger partial charge in [0, 0.05) is 5.56 Å². The van der Waals surface area contributed by atoms with Gasteiger partial charge in [0.15, 0.2) is 0 Å². The van der Waals surface area contributed by atoms with Gasteiger partial charge in [0.25, 0.3) is 0 Å². The highest BCUT2D eigenvalue weighted by Crippen LogP contribution is 2.27. The van der Waals surface area contributed by atoms with E-state index in [0.717, 1.165) is 13.0 Å². The fourth-order valence-electron chi connectivity index (χ4n) is 1.14. The molecule has 4 heteroatoms. The largest absolute Gasteiger partial charge is 0.319 e. The number of rotatable bonds is 4. The van der Waals surface area contributed by atoms with Crippen LogP contribution < -0.4 is 5.32 Å². The Labute approximate surface area is 98.9 Å². The molecule has 1 rings (SSSR count). The van der Waals surface area contributed by atoms with Crippen LogP contribution in [0.1, 0.15) is 12.0 Å². The molecule has 1 nitrogen and oxygen atoms in total. The Morgan fingerprint density at radius 3 is 2.47 bits per heavy atom. The molecule has 1 aromatic carbocycles. The minimum atomic E-state index is -0.419. The SMILES string of the molecule is CNCCC=Cc1c(Cl)cc(F)cc1Cl. The number of benzene rings is 1. The van der Waals surface area contributed by atoms with Crippen LogP contribution in [0.5, 0.6) is 0 Å². The van der Waals surface area contributed by atoms with E-state index in [4.69, 9.17) is 23.2 Å². The Bertz CT molecular complexity index is 341. The molecule has 82 valence electrons. The fraction of sp³-hybridized carbons (Fsp3) is 0.273. The predicted octanol–water partition coefficient (Wildman–Crippen LogP) is 3.76. The van der Waals surface area contributed by atoms with E-state index in [1.165, 1.54) is 12.1 Å². The zero-order valence-electron chi connectivity index (χ0n) is 8.36. The fourth-order valence-corrected chi connectivity index (χ4v) is 1.73.